The molecule has 21 heavy (non-hydrogen) atoms. The highest BCUT2D eigenvalue weighted by Crippen LogP contribution is 2.36. The molecule has 112 valence electrons. The zero-order valence-corrected chi connectivity index (χ0v) is 12.7. The van der Waals surface area contributed by atoms with Gasteiger partial charge >= 0.3 is 0 Å². The Balaban J connectivity index is 1.77. The highest BCUT2D eigenvalue weighted by Gasteiger charge is 2.38. The Hall–Kier alpha value is -1.80. The summed E-state index contributed by atoms with van der Waals surface area (Å²) in [5.41, 5.74) is 0.173. The molecule has 0 aromatic carbocycles. The minimum absolute atomic E-state index is 0.130. The van der Waals surface area contributed by atoms with Crippen LogP contribution in [-0.4, -0.2) is 60.8 Å². The van der Waals surface area contributed by atoms with Crippen molar-refractivity contribution >= 4 is 17.5 Å². The fraction of sp³-hybridized carbons (Fsp3) is 0.583. The molecule has 9 heteroatoms. The number of hydrogen-bond acceptors (Lipinski definition) is 7. The normalized spacial score (nSPS) is 16.8. The van der Waals surface area contributed by atoms with Crippen molar-refractivity contribution in [1.82, 2.24) is 34.6 Å². The molecular weight excluding hydrogens is 292 g/mol. The fourth-order valence-corrected chi connectivity index (χ4v) is 2.60. The molecule has 0 saturated heterocycles. The van der Waals surface area contributed by atoms with Crippen molar-refractivity contribution in [2.45, 2.75) is 24.8 Å². The number of likely N-dealkylation sites (N-methyl/N-ethyl adjacent to an activating group) is 1. The van der Waals surface area contributed by atoms with Crippen LogP contribution < -0.4 is 5.32 Å². The molecule has 1 N–H and O–H groups in total. The molecule has 1 aliphatic carbocycles. The summed E-state index contributed by atoms with van der Waals surface area (Å²) in [6.45, 7) is 0.775. The van der Waals surface area contributed by atoms with Gasteiger partial charge in [0, 0.05) is 12.1 Å². The van der Waals surface area contributed by atoms with E-state index in [0.717, 1.165) is 6.54 Å². The molecule has 2 heterocycles. The largest absolute Gasteiger partial charge is 0.352 e. The topological polar surface area (TPSA) is 84.6 Å². The zero-order chi connectivity index (χ0) is 14.9. The molecule has 0 unspecified atom stereocenters. The second kappa shape index (κ2) is 5.53. The molecule has 1 fully saturated rings. The number of rotatable bonds is 5. The summed E-state index contributed by atoms with van der Waals surface area (Å²) in [4.78, 5) is 18.6. The van der Waals surface area contributed by atoms with Gasteiger partial charge in [0.2, 0.25) is 11.2 Å². The maximum atomic E-state index is 5.95. The van der Waals surface area contributed by atoms with E-state index in [1.54, 1.807) is 0 Å². The van der Waals surface area contributed by atoms with Crippen molar-refractivity contribution in [2.75, 3.05) is 26.0 Å². The lowest BCUT2D eigenvalue weighted by Gasteiger charge is -2.47. The van der Waals surface area contributed by atoms with Gasteiger partial charge in [-0.3, -0.25) is 0 Å². The first-order valence-corrected chi connectivity index (χ1v) is 7.15. The first kappa shape index (κ1) is 14.2. The Morgan fingerprint density at radius 2 is 2.14 bits per heavy atom. The average molecular weight is 309 g/mol. The van der Waals surface area contributed by atoms with Gasteiger partial charge in [-0.1, -0.05) is 0 Å². The van der Waals surface area contributed by atoms with E-state index >= 15 is 0 Å². The van der Waals surface area contributed by atoms with Crippen LogP contribution in [-0.2, 0) is 0 Å². The minimum Gasteiger partial charge on any atom is -0.352 e. The molecule has 8 nitrogen and oxygen atoms in total. The van der Waals surface area contributed by atoms with Crippen LogP contribution in [0, 0.1) is 0 Å². The fourth-order valence-electron chi connectivity index (χ4n) is 2.44. The SMILES string of the molecule is CN(C)C1(CNc2nc(Cl)nc(-n3cncn3)n2)CCC1. The van der Waals surface area contributed by atoms with Crippen LogP contribution in [0.15, 0.2) is 12.7 Å². The number of nitrogens with zero attached hydrogens (tertiary/aromatic N) is 7. The van der Waals surface area contributed by atoms with E-state index in [9.17, 15) is 0 Å². The first-order valence-electron chi connectivity index (χ1n) is 6.77. The molecule has 0 amide bonds. The molecule has 0 bridgehead atoms. The van der Waals surface area contributed by atoms with Gasteiger partial charge in [-0.05, 0) is 45.0 Å². The molecule has 0 radical (unpaired) electrons. The summed E-state index contributed by atoms with van der Waals surface area (Å²) < 4.78 is 1.45. The van der Waals surface area contributed by atoms with E-state index in [2.05, 4.69) is 49.3 Å². The van der Waals surface area contributed by atoms with Crippen LogP contribution in [0.3, 0.4) is 0 Å². The third-order valence-corrected chi connectivity index (χ3v) is 4.20. The Labute approximate surface area is 127 Å². The zero-order valence-electron chi connectivity index (χ0n) is 12.0. The summed E-state index contributed by atoms with van der Waals surface area (Å²) in [6.07, 6.45) is 6.52. The summed E-state index contributed by atoms with van der Waals surface area (Å²) >= 11 is 5.95. The maximum Gasteiger partial charge on any atom is 0.258 e. The van der Waals surface area contributed by atoms with Crippen molar-refractivity contribution in [3.05, 3.63) is 17.9 Å². The third-order valence-electron chi connectivity index (χ3n) is 4.03. The van der Waals surface area contributed by atoms with E-state index in [1.807, 2.05) is 0 Å². The summed E-state index contributed by atoms with van der Waals surface area (Å²) in [7, 11) is 4.20. The molecule has 0 atom stereocenters. The van der Waals surface area contributed by atoms with Gasteiger partial charge in [0.15, 0.2) is 0 Å². The lowest BCUT2D eigenvalue weighted by molar-refractivity contribution is 0.0737. The second-order valence-electron chi connectivity index (χ2n) is 5.39. The van der Waals surface area contributed by atoms with Gasteiger partial charge in [-0.15, -0.1) is 0 Å². The van der Waals surface area contributed by atoms with Crippen LogP contribution in [0.4, 0.5) is 5.95 Å². The van der Waals surface area contributed by atoms with E-state index in [1.165, 1.54) is 36.6 Å². The van der Waals surface area contributed by atoms with Crippen molar-refractivity contribution in [1.29, 1.82) is 0 Å². The van der Waals surface area contributed by atoms with Crippen molar-refractivity contribution < 1.29 is 0 Å². The van der Waals surface area contributed by atoms with E-state index in [0.29, 0.717) is 11.9 Å². The van der Waals surface area contributed by atoms with Crippen molar-refractivity contribution in [3.63, 3.8) is 0 Å². The van der Waals surface area contributed by atoms with Crippen molar-refractivity contribution in [2.24, 2.45) is 0 Å². The Bertz CT molecular complexity index is 608. The van der Waals surface area contributed by atoms with Gasteiger partial charge in [-0.25, -0.2) is 4.98 Å². The minimum atomic E-state index is 0.130. The van der Waals surface area contributed by atoms with Gasteiger partial charge in [0.25, 0.3) is 5.95 Å². The quantitative estimate of drug-likeness (QED) is 0.882. The van der Waals surface area contributed by atoms with Gasteiger partial charge < -0.3 is 10.2 Å². The molecule has 2 aromatic rings. The van der Waals surface area contributed by atoms with Crippen LogP contribution in [0.25, 0.3) is 5.95 Å². The third kappa shape index (κ3) is 2.81. The summed E-state index contributed by atoms with van der Waals surface area (Å²) in [5, 5.41) is 7.38. The van der Waals surface area contributed by atoms with E-state index in [4.69, 9.17) is 11.6 Å². The summed E-state index contributed by atoms with van der Waals surface area (Å²) in [6, 6.07) is 0. The van der Waals surface area contributed by atoms with Gasteiger partial charge in [0.1, 0.15) is 12.7 Å². The Morgan fingerprint density at radius 3 is 2.71 bits per heavy atom. The highest BCUT2D eigenvalue weighted by molar-refractivity contribution is 6.28. The molecule has 1 aliphatic rings. The van der Waals surface area contributed by atoms with Gasteiger partial charge in [0.05, 0.1) is 0 Å². The van der Waals surface area contributed by atoms with Gasteiger partial charge in [-0.2, -0.15) is 24.7 Å². The van der Waals surface area contributed by atoms with Crippen LogP contribution in [0.1, 0.15) is 19.3 Å². The molecule has 2 aromatic heterocycles. The average Bonchev–Trinajstić information content (AvgIpc) is 2.90. The lowest BCUT2D eigenvalue weighted by atomic mass is 9.75. The molecule has 3 rings (SSSR count). The van der Waals surface area contributed by atoms with Crippen LogP contribution in [0.2, 0.25) is 5.28 Å². The molecule has 0 aliphatic heterocycles. The van der Waals surface area contributed by atoms with E-state index < -0.39 is 0 Å². The molecular formula is C12H17ClN8. The standard InChI is InChI=1S/C12H17ClN8/c1-20(2)12(4-3-5-12)6-15-10-17-9(13)18-11(19-10)21-8-14-7-16-21/h7-8H,3-6H2,1-2H3,(H,15,17,18,19). The Morgan fingerprint density at radius 1 is 1.33 bits per heavy atom. The monoisotopic (exact) mass is 308 g/mol. The van der Waals surface area contributed by atoms with Crippen LogP contribution in [0.5, 0.6) is 0 Å². The lowest BCUT2D eigenvalue weighted by Crippen LogP contribution is -2.54. The number of halogens is 1. The second-order valence-corrected chi connectivity index (χ2v) is 5.73. The number of nitrogens with one attached hydrogen (secondary N) is 1. The predicted octanol–water partition coefficient (Wildman–Crippen LogP) is 1.00. The molecule has 0 spiro atoms. The maximum absolute atomic E-state index is 5.95. The Kier molecular flexibility index (Phi) is 3.73. The van der Waals surface area contributed by atoms with Crippen molar-refractivity contribution in [3.8, 4) is 5.95 Å². The van der Waals surface area contributed by atoms with Crippen LogP contribution >= 0.6 is 11.6 Å². The number of anilines is 1. The molecule has 1 saturated carbocycles. The highest BCUT2D eigenvalue weighted by atomic mass is 35.5. The number of aromatic nitrogens is 6. The first-order chi connectivity index (χ1) is 10.1. The smallest absolute Gasteiger partial charge is 0.258 e. The summed E-state index contributed by atoms with van der Waals surface area (Å²) in [5.74, 6) is 0.802. The predicted molar refractivity (Wildman–Crippen MR) is 78.5 cm³/mol. The van der Waals surface area contributed by atoms with E-state index in [-0.39, 0.29) is 10.8 Å². The number of hydrogen-bond donors (Lipinski definition) is 1.